The second kappa shape index (κ2) is 8.02. The van der Waals surface area contributed by atoms with E-state index >= 15 is 0 Å². The number of hydrogen-bond acceptors (Lipinski definition) is 5. The third-order valence-electron chi connectivity index (χ3n) is 3.51. The monoisotopic (exact) mass is 412 g/mol. The molecule has 0 radical (unpaired) electrons. The zero-order chi connectivity index (χ0) is 20.3. The molecular weight excluding hydrogens is 399 g/mol. The third kappa shape index (κ3) is 5.10. The van der Waals surface area contributed by atoms with E-state index < -0.39 is 29.5 Å². The maximum Gasteiger partial charge on any atom is 0.316 e. The van der Waals surface area contributed by atoms with Crippen LogP contribution in [-0.2, 0) is 6.54 Å². The molecule has 0 saturated carbocycles. The van der Waals surface area contributed by atoms with E-state index in [0.29, 0.717) is 5.56 Å². The largest absolute Gasteiger partial charge is 0.457 e. The minimum absolute atomic E-state index is 0.0369. The van der Waals surface area contributed by atoms with Crippen LogP contribution < -0.4 is 10.3 Å². The average Bonchev–Trinajstić information content (AvgIpc) is 2.65. The van der Waals surface area contributed by atoms with E-state index in [4.69, 9.17) is 4.74 Å². The van der Waals surface area contributed by atoms with E-state index in [1.165, 1.54) is 33.8 Å². The summed E-state index contributed by atoms with van der Waals surface area (Å²) >= 11 is 0. The Balaban J connectivity index is 1.83. The van der Waals surface area contributed by atoms with E-state index in [2.05, 4.69) is 15.1 Å². The molecule has 146 valence electrons. The van der Waals surface area contributed by atoms with Crippen molar-refractivity contribution in [1.29, 1.82) is 0 Å². The van der Waals surface area contributed by atoms with Gasteiger partial charge in [-0.05, 0) is 24.3 Å². The summed E-state index contributed by atoms with van der Waals surface area (Å²) in [5.41, 5.74) is -3.01. The summed E-state index contributed by atoms with van der Waals surface area (Å²) in [4.78, 5) is 19.6. The van der Waals surface area contributed by atoms with Crippen LogP contribution in [0, 0.1) is 11.6 Å². The molecule has 3 rings (SSSR count). The van der Waals surface area contributed by atoms with Crippen molar-refractivity contribution >= 4 is 9.24 Å². The van der Waals surface area contributed by atoms with Gasteiger partial charge in [-0.15, -0.1) is 0 Å². The summed E-state index contributed by atoms with van der Waals surface area (Å²) in [6, 6.07) is 5.27. The van der Waals surface area contributed by atoms with Crippen molar-refractivity contribution in [1.82, 2.24) is 19.7 Å². The Kier molecular flexibility index (Phi) is 5.69. The minimum Gasteiger partial charge on any atom is -0.457 e. The van der Waals surface area contributed by atoms with Crippen molar-refractivity contribution in [3.63, 3.8) is 0 Å². The van der Waals surface area contributed by atoms with Gasteiger partial charge in [0, 0.05) is 29.6 Å². The molecule has 0 bridgehead atoms. The number of nitrogens with zero attached hydrogens (tertiary/aromatic N) is 4. The SMILES string of the molecule is O=c1ccc(-c2cnc(OCC(F)(F)P)nc2)nn1Cc1cc(F)ccc1F. The highest BCUT2D eigenvalue weighted by atomic mass is 31.0. The number of rotatable bonds is 6. The highest BCUT2D eigenvalue weighted by Gasteiger charge is 2.22. The highest BCUT2D eigenvalue weighted by molar-refractivity contribution is 7.18. The molecule has 0 saturated heterocycles. The minimum atomic E-state index is -3.11. The van der Waals surface area contributed by atoms with Gasteiger partial charge in [-0.3, -0.25) is 4.79 Å². The van der Waals surface area contributed by atoms with Crippen LogP contribution in [0.3, 0.4) is 0 Å². The second-order valence-corrected chi connectivity index (χ2v) is 6.60. The van der Waals surface area contributed by atoms with Crippen LogP contribution in [0.4, 0.5) is 17.6 Å². The Morgan fingerprint density at radius 3 is 2.50 bits per heavy atom. The summed E-state index contributed by atoms with van der Waals surface area (Å²) in [5, 5.41) is 4.09. The van der Waals surface area contributed by atoms with E-state index in [-0.39, 0.29) is 23.8 Å². The fourth-order valence-corrected chi connectivity index (χ4v) is 2.31. The molecule has 0 aliphatic rings. The Bertz CT molecular complexity index is 1040. The number of alkyl halides is 2. The molecule has 0 aliphatic heterocycles. The van der Waals surface area contributed by atoms with Crippen molar-refractivity contribution in [2.75, 3.05) is 6.61 Å². The van der Waals surface area contributed by atoms with Crippen molar-refractivity contribution in [3.05, 3.63) is 70.3 Å². The highest BCUT2D eigenvalue weighted by Crippen LogP contribution is 2.22. The molecule has 0 fully saturated rings. The Morgan fingerprint density at radius 1 is 1.11 bits per heavy atom. The van der Waals surface area contributed by atoms with Crippen molar-refractivity contribution in [2.45, 2.75) is 12.2 Å². The van der Waals surface area contributed by atoms with Crippen molar-refractivity contribution in [2.24, 2.45) is 0 Å². The molecular formula is C17H13F4N4O2P. The molecule has 2 heterocycles. The maximum atomic E-state index is 13.8. The standard InChI is InChI=1S/C17H13F4N4O2P/c18-12-1-2-13(19)10(5-12)8-25-15(26)4-3-14(24-25)11-6-22-16(23-7-11)27-9-17(20,21)28/h1-7H,8-9,28H2. The summed E-state index contributed by atoms with van der Waals surface area (Å²) in [6.45, 7) is -1.18. The quantitative estimate of drug-likeness (QED) is 0.460. The fourth-order valence-electron chi connectivity index (χ4n) is 2.23. The summed E-state index contributed by atoms with van der Waals surface area (Å²) in [5.74, 6) is -1.31. The van der Waals surface area contributed by atoms with E-state index in [1.807, 2.05) is 0 Å². The summed E-state index contributed by atoms with van der Waals surface area (Å²) in [6.07, 6.45) is 2.56. The van der Waals surface area contributed by atoms with Gasteiger partial charge in [-0.25, -0.2) is 23.4 Å². The molecule has 1 unspecified atom stereocenters. The molecule has 0 amide bonds. The van der Waals surface area contributed by atoms with E-state index in [1.54, 1.807) is 0 Å². The Morgan fingerprint density at radius 2 is 1.82 bits per heavy atom. The first-order valence-corrected chi connectivity index (χ1v) is 8.43. The zero-order valence-electron chi connectivity index (χ0n) is 14.2. The second-order valence-electron chi connectivity index (χ2n) is 5.75. The molecule has 3 aromatic rings. The average molecular weight is 412 g/mol. The number of hydrogen-bond donors (Lipinski definition) is 0. The lowest BCUT2D eigenvalue weighted by molar-refractivity contribution is 0.0422. The van der Waals surface area contributed by atoms with Gasteiger partial charge in [0.2, 0.25) is 0 Å². The van der Waals surface area contributed by atoms with Crippen LogP contribution in [0.1, 0.15) is 5.56 Å². The molecule has 2 aromatic heterocycles. The van der Waals surface area contributed by atoms with Crippen molar-refractivity contribution < 1.29 is 22.3 Å². The predicted octanol–water partition coefficient (Wildman–Crippen LogP) is 2.87. The third-order valence-corrected chi connectivity index (χ3v) is 3.68. The smallest absolute Gasteiger partial charge is 0.316 e. The normalized spacial score (nSPS) is 11.5. The molecule has 6 nitrogen and oxygen atoms in total. The first-order valence-electron chi connectivity index (χ1n) is 7.85. The molecule has 0 aliphatic carbocycles. The summed E-state index contributed by atoms with van der Waals surface area (Å²) < 4.78 is 58.4. The van der Waals surface area contributed by atoms with Gasteiger partial charge in [0.05, 0.1) is 12.2 Å². The topological polar surface area (TPSA) is 69.9 Å². The zero-order valence-corrected chi connectivity index (χ0v) is 15.3. The number of halogens is 4. The lowest BCUT2D eigenvalue weighted by Crippen LogP contribution is -2.23. The lowest BCUT2D eigenvalue weighted by Gasteiger charge is -2.11. The van der Waals surface area contributed by atoms with Crippen molar-refractivity contribution in [3.8, 4) is 17.3 Å². The van der Waals surface area contributed by atoms with Gasteiger partial charge in [-0.2, -0.15) is 13.9 Å². The number of ether oxygens (including phenoxy) is 1. The van der Waals surface area contributed by atoms with E-state index in [9.17, 15) is 22.4 Å². The molecule has 28 heavy (non-hydrogen) atoms. The van der Waals surface area contributed by atoms with Crippen LogP contribution in [0.5, 0.6) is 6.01 Å². The number of benzene rings is 1. The van der Waals surface area contributed by atoms with Gasteiger partial charge < -0.3 is 4.74 Å². The van der Waals surface area contributed by atoms with Gasteiger partial charge >= 0.3 is 6.01 Å². The lowest BCUT2D eigenvalue weighted by atomic mass is 10.2. The maximum absolute atomic E-state index is 13.8. The van der Waals surface area contributed by atoms with Gasteiger partial charge in [-0.1, -0.05) is 9.24 Å². The van der Waals surface area contributed by atoms with Gasteiger partial charge in [0.1, 0.15) is 11.6 Å². The summed E-state index contributed by atoms with van der Waals surface area (Å²) in [7, 11) is 1.34. The van der Waals surface area contributed by atoms with Crippen LogP contribution in [0.25, 0.3) is 11.3 Å². The molecule has 0 spiro atoms. The van der Waals surface area contributed by atoms with Crippen LogP contribution in [0.15, 0.2) is 47.5 Å². The first kappa shape index (κ1) is 19.9. The molecule has 0 N–H and O–H groups in total. The van der Waals surface area contributed by atoms with Crippen LogP contribution >= 0.6 is 9.24 Å². The number of aromatic nitrogens is 4. The van der Waals surface area contributed by atoms with Crippen LogP contribution in [0.2, 0.25) is 0 Å². The predicted molar refractivity (Wildman–Crippen MR) is 95.1 cm³/mol. The van der Waals surface area contributed by atoms with E-state index in [0.717, 1.165) is 22.9 Å². The van der Waals surface area contributed by atoms with Gasteiger partial charge in [0.15, 0.2) is 6.61 Å². The molecule has 1 aromatic carbocycles. The molecule has 1 atom stereocenters. The molecule has 11 heteroatoms. The van der Waals surface area contributed by atoms with Crippen LogP contribution in [-0.4, -0.2) is 32.0 Å². The first-order chi connectivity index (χ1) is 13.2. The Hall–Kier alpha value is -2.87. The van der Waals surface area contributed by atoms with Gasteiger partial charge in [0.25, 0.3) is 11.2 Å². The fraction of sp³-hybridized carbons (Fsp3) is 0.176. The Labute approximate surface area is 158 Å².